The lowest BCUT2D eigenvalue weighted by Gasteiger charge is -2.29. The van der Waals surface area contributed by atoms with Gasteiger partial charge < -0.3 is 9.64 Å². The van der Waals surface area contributed by atoms with Crippen LogP contribution in [-0.2, 0) is 13.0 Å². The van der Waals surface area contributed by atoms with Crippen LogP contribution in [0.3, 0.4) is 0 Å². The van der Waals surface area contributed by atoms with E-state index in [4.69, 9.17) is 4.74 Å². The van der Waals surface area contributed by atoms with E-state index in [0.717, 1.165) is 31.1 Å². The van der Waals surface area contributed by atoms with Crippen molar-refractivity contribution in [3.63, 3.8) is 0 Å². The number of aromatic nitrogens is 5. The number of ether oxygens (including phenoxy) is 1. The van der Waals surface area contributed by atoms with E-state index in [2.05, 4.69) is 37.7 Å². The molecule has 0 bridgehead atoms. The molecule has 1 aliphatic heterocycles. The maximum Gasteiger partial charge on any atom is 0.200 e. The summed E-state index contributed by atoms with van der Waals surface area (Å²) in [4.78, 5) is 2.23. The van der Waals surface area contributed by atoms with Crippen LogP contribution in [0, 0.1) is 0 Å². The van der Waals surface area contributed by atoms with E-state index in [-0.39, 0.29) is 0 Å². The molecule has 0 saturated heterocycles. The summed E-state index contributed by atoms with van der Waals surface area (Å²) in [7, 11) is 1.69. The molecule has 0 aliphatic carbocycles. The normalized spacial score (nSPS) is 14.2. The number of nitrogens with zero attached hydrogens (tertiary/aromatic N) is 6. The molecule has 0 spiro atoms. The van der Waals surface area contributed by atoms with Crippen LogP contribution in [0.5, 0.6) is 5.75 Å². The van der Waals surface area contributed by atoms with Crippen LogP contribution >= 0.6 is 0 Å². The predicted octanol–water partition coefficient (Wildman–Crippen LogP) is 1.09. The Balaban J connectivity index is 1.67. The molecule has 2 aromatic heterocycles. The average Bonchev–Trinajstić information content (AvgIpc) is 3.01. The van der Waals surface area contributed by atoms with Crippen molar-refractivity contribution in [1.29, 1.82) is 0 Å². The van der Waals surface area contributed by atoms with Crippen LogP contribution in [0.1, 0.15) is 11.1 Å². The number of anilines is 1. The van der Waals surface area contributed by atoms with Crippen molar-refractivity contribution in [2.24, 2.45) is 0 Å². The van der Waals surface area contributed by atoms with E-state index in [1.54, 1.807) is 7.11 Å². The fourth-order valence-corrected chi connectivity index (χ4v) is 2.66. The van der Waals surface area contributed by atoms with Gasteiger partial charge in [-0.05, 0) is 52.2 Å². The molecule has 0 amide bonds. The van der Waals surface area contributed by atoms with Gasteiger partial charge in [-0.25, -0.2) is 0 Å². The Morgan fingerprint density at radius 2 is 2.10 bits per heavy atom. The molecule has 4 rings (SSSR count). The molecule has 1 aromatic carbocycles. The Morgan fingerprint density at radius 1 is 1.14 bits per heavy atom. The summed E-state index contributed by atoms with van der Waals surface area (Å²) in [6.07, 6.45) is 0.995. The monoisotopic (exact) mass is 282 g/mol. The fraction of sp³-hybridized carbons (Fsp3) is 0.286. The molecule has 1 aliphatic rings. The molecule has 106 valence electrons. The zero-order valence-corrected chi connectivity index (χ0v) is 11.6. The molecule has 0 saturated carbocycles. The molecule has 3 heterocycles. The molecule has 7 nitrogen and oxygen atoms in total. The number of rotatable bonds is 2. The number of hydrogen-bond donors (Lipinski definition) is 0. The van der Waals surface area contributed by atoms with Crippen molar-refractivity contribution >= 4 is 11.5 Å². The predicted molar refractivity (Wildman–Crippen MR) is 76.3 cm³/mol. The van der Waals surface area contributed by atoms with E-state index in [1.165, 1.54) is 15.8 Å². The Hall–Kier alpha value is -2.70. The van der Waals surface area contributed by atoms with Gasteiger partial charge in [-0.15, -0.1) is 14.8 Å². The molecule has 0 N–H and O–H groups in total. The molecule has 0 atom stereocenters. The van der Waals surface area contributed by atoms with Gasteiger partial charge in [0.25, 0.3) is 0 Å². The third-order valence-corrected chi connectivity index (χ3v) is 3.81. The van der Waals surface area contributed by atoms with Crippen LogP contribution in [0.15, 0.2) is 30.3 Å². The number of hydrogen-bond acceptors (Lipinski definition) is 6. The van der Waals surface area contributed by atoms with Crippen molar-refractivity contribution in [1.82, 2.24) is 25.3 Å². The van der Waals surface area contributed by atoms with E-state index in [9.17, 15) is 0 Å². The molecule has 3 aromatic rings. The molecular formula is C14H14N6O. The highest BCUT2D eigenvalue weighted by atomic mass is 16.5. The maximum atomic E-state index is 5.30. The summed E-state index contributed by atoms with van der Waals surface area (Å²) < 4.78 is 6.76. The largest absolute Gasteiger partial charge is 0.497 e. The van der Waals surface area contributed by atoms with Crippen molar-refractivity contribution in [2.45, 2.75) is 13.0 Å². The third kappa shape index (κ3) is 2.06. The zero-order valence-electron chi connectivity index (χ0n) is 11.6. The quantitative estimate of drug-likeness (QED) is 0.701. The van der Waals surface area contributed by atoms with Gasteiger partial charge in [0, 0.05) is 13.1 Å². The van der Waals surface area contributed by atoms with Crippen molar-refractivity contribution in [2.75, 3.05) is 18.6 Å². The first-order chi connectivity index (χ1) is 10.3. The molecule has 0 fully saturated rings. The molecule has 21 heavy (non-hydrogen) atoms. The summed E-state index contributed by atoms with van der Waals surface area (Å²) in [5.74, 6) is 1.77. The Bertz CT molecular complexity index is 799. The molecular weight excluding hydrogens is 268 g/mol. The van der Waals surface area contributed by atoms with Crippen LogP contribution in [0.25, 0.3) is 5.65 Å². The van der Waals surface area contributed by atoms with Gasteiger partial charge in [-0.1, -0.05) is 6.07 Å². The lowest BCUT2D eigenvalue weighted by molar-refractivity contribution is 0.413. The van der Waals surface area contributed by atoms with E-state index in [1.807, 2.05) is 18.2 Å². The van der Waals surface area contributed by atoms with Crippen LogP contribution in [0.4, 0.5) is 5.82 Å². The number of benzene rings is 1. The maximum absolute atomic E-state index is 5.30. The molecule has 0 radical (unpaired) electrons. The molecule has 7 heteroatoms. The minimum Gasteiger partial charge on any atom is -0.497 e. The Kier molecular flexibility index (Phi) is 2.70. The smallest absolute Gasteiger partial charge is 0.200 e. The van der Waals surface area contributed by atoms with Gasteiger partial charge in [0.1, 0.15) is 5.75 Å². The number of fused-ring (bicyclic) bond motifs is 2. The van der Waals surface area contributed by atoms with Crippen molar-refractivity contribution in [3.05, 3.63) is 41.5 Å². The summed E-state index contributed by atoms with van der Waals surface area (Å²) in [5, 5.41) is 15.8. The highest BCUT2D eigenvalue weighted by molar-refractivity contribution is 5.48. The van der Waals surface area contributed by atoms with Gasteiger partial charge in [0.15, 0.2) is 11.5 Å². The summed E-state index contributed by atoms with van der Waals surface area (Å²) >= 11 is 0. The summed E-state index contributed by atoms with van der Waals surface area (Å²) in [6.45, 7) is 1.74. The SMILES string of the molecule is COc1ccc2c(c1)CN(c1ccc3nnnn3n1)CC2. The van der Waals surface area contributed by atoms with Gasteiger partial charge in [0.05, 0.1) is 7.11 Å². The van der Waals surface area contributed by atoms with Crippen molar-refractivity contribution < 1.29 is 4.74 Å². The van der Waals surface area contributed by atoms with E-state index in [0.29, 0.717) is 5.65 Å². The second-order valence-corrected chi connectivity index (χ2v) is 5.02. The first kappa shape index (κ1) is 12.1. The van der Waals surface area contributed by atoms with Crippen LogP contribution in [0.2, 0.25) is 0 Å². The summed E-state index contributed by atoms with van der Waals surface area (Å²) in [6, 6.07) is 10.1. The number of tetrazole rings is 1. The topological polar surface area (TPSA) is 68.4 Å². The van der Waals surface area contributed by atoms with E-state index < -0.39 is 0 Å². The third-order valence-electron chi connectivity index (χ3n) is 3.81. The van der Waals surface area contributed by atoms with Gasteiger partial charge in [-0.2, -0.15) is 0 Å². The fourth-order valence-electron chi connectivity index (χ4n) is 2.66. The highest BCUT2D eigenvalue weighted by Gasteiger charge is 2.18. The molecule has 0 unspecified atom stereocenters. The second kappa shape index (κ2) is 4.69. The van der Waals surface area contributed by atoms with Gasteiger partial charge in [-0.3, -0.25) is 0 Å². The first-order valence-corrected chi connectivity index (χ1v) is 6.80. The lowest BCUT2D eigenvalue weighted by Crippen LogP contribution is -2.31. The first-order valence-electron chi connectivity index (χ1n) is 6.80. The highest BCUT2D eigenvalue weighted by Crippen LogP contribution is 2.26. The summed E-state index contributed by atoms with van der Waals surface area (Å²) in [5.41, 5.74) is 3.30. The van der Waals surface area contributed by atoms with E-state index >= 15 is 0 Å². The minimum absolute atomic E-state index is 0.651. The van der Waals surface area contributed by atoms with Crippen LogP contribution in [-0.4, -0.2) is 38.9 Å². The zero-order chi connectivity index (χ0) is 14.2. The standard InChI is InChI=1S/C14H14N6O/c1-21-12-3-2-10-6-7-19(9-11(10)8-12)14-5-4-13-15-17-18-20(13)16-14/h2-5,8H,6-7,9H2,1H3. The van der Waals surface area contributed by atoms with Crippen LogP contribution < -0.4 is 9.64 Å². The lowest BCUT2D eigenvalue weighted by atomic mass is 9.99. The van der Waals surface area contributed by atoms with Crippen molar-refractivity contribution in [3.8, 4) is 5.75 Å². The van der Waals surface area contributed by atoms with Gasteiger partial charge >= 0.3 is 0 Å². The minimum atomic E-state index is 0.651. The van der Waals surface area contributed by atoms with Gasteiger partial charge in [0.2, 0.25) is 0 Å². The second-order valence-electron chi connectivity index (χ2n) is 5.02. The Morgan fingerprint density at radius 3 is 3.00 bits per heavy atom. The number of methoxy groups -OCH3 is 1. The average molecular weight is 282 g/mol. The Labute approximate surface area is 121 Å².